The summed E-state index contributed by atoms with van der Waals surface area (Å²) in [6.45, 7) is 0. The van der Waals surface area contributed by atoms with Crippen LogP contribution in [0, 0.1) is 0 Å². The van der Waals surface area contributed by atoms with Crippen molar-refractivity contribution < 1.29 is 9.21 Å². The number of carbonyl (C=O) groups is 1. The molecule has 2 rings (SSSR count). The average molecular weight is 257 g/mol. The minimum absolute atomic E-state index is 0.0456. The minimum atomic E-state index is -0.672. The monoisotopic (exact) mass is 256 g/mol. The van der Waals surface area contributed by atoms with Crippen LogP contribution >= 0.6 is 23.2 Å². The standard InChI is InChI=1S/C10H6Cl2N2O2/c11-5-1-2-6(7(12)3-5)9-8(10(13)15)14-4-16-9/h1-4H,(H2,13,15). The lowest BCUT2D eigenvalue weighted by Gasteiger charge is -2.01. The molecule has 0 saturated carbocycles. The van der Waals surface area contributed by atoms with E-state index >= 15 is 0 Å². The van der Waals surface area contributed by atoms with Gasteiger partial charge in [0.15, 0.2) is 17.8 Å². The van der Waals surface area contributed by atoms with E-state index in [1.54, 1.807) is 18.2 Å². The number of halogens is 2. The summed E-state index contributed by atoms with van der Waals surface area (Å²) in [5.74, 6) is -0.427. The van der Waals surface area contributed by atoms with E-state index in [0.717, 1.165) is 6.39 Å². The molecule has 16 heavy (non-hydrogen) atoms. The first-order valence-electron chi connectivity index (χ1n) is 4.28. The van der Waals surface area contributed by atoms with Crippen LogP contribution in [0.4, 0.5) is 0 Å². The van der Waals surface area contributed by atoms with Gasteiger partial charge < -0.3 is 10.2 Å². The highest BCUT2D eigenvalue weighted by atomic mass is 35.5. The molecule has 0 unspecified atom stereocenters. The number of benzene rings is 1. The van der Waals surface area contributed by atoms with Crippen molar-refractivity contribution in [3.05, 3.63) is 40.3 Å². The second-order valence-corrected chi connectivity index (χ2v) is 3.86. The Balaban J connectivity index is 2.59. The molecule has 4 nitrogen and oxygen atoms in total. The summed E-state index contributed by atoms with van der Waals surface area (Å²) < 4.78 is 5.09. The van der Waals surface area contributed by atoms with Crippen molar-refractivity contribution >= 4 is 29.1 Å². The Morgan fingerprint density at radius 3 is 2.75 bits per heavy atom. The van der Waals surface area contributed by atoms with Crippen molar-refractivity contribution in [2.75, 3.05) is 0 Å². The second kappa shape index (κ2) is 4.15. The summed E-state index contributed by atoms with van der Waals surface area (Å²) in [4.78, 5) is 14.8. The van der Waals surface area contributed by atoms with Crippen LogP contribution in [0.5, 0.6) is 0 Å². The molecule has 0 aliphatic rings. The van der Waals surface area contributed by atoms with Crippen LogP contribution in [-0.2, 0) is 0 Å². The Hall–Kier alpha value is -1.52. The highest BCUT2D eigenvalue weighted by Crippen LogP contribution is 2.31. The minimum Gasteiger partial charge on any atom is -0.443 e. The van der Waals surface area contributed by atoms with Crippen LogP contribution in [0.1, 0.15) is 10.5 Å². The zero-order valence-corrected chi connectivity index (χ0v) is 9.42. The predicted molar refractivity (Wildman–Crippen MR) is 60.5 cm³/mol. The fraction of sp³-hybridized carbons (Fsp3) is 0. The Morgan fingerprint density at radius 2 is 2.12 bits per heavy atom. The van der Waals surface area contributed by atoms with E-state index in [-0.39, 0.29) is 11.5 Å². The van der Waals surface area contributed by atoms with Gasteiger partial charge in [-0.15, -0.1) is 0 Å². The first-order valence-corrected chi connectivity index (χ1v) is 5.04. The molecule has 0 atom stereocenters. The first kappa shape index (κ1) is 11.0. The Labute approximate surface area is 101 Å². The van der Waals surface area contributed by atoms with Crippen molar-refractivity contribution in [3.8, 4) is 11.3 Å². The first-order chi connectivity index (χ1) is 7.59. The van der Waals surface area contributed by atoms with Gasteiger partial charge in [-0.1, -0.05) is 23.2 Å². The second-order valence-electron chi connectivity index (χ2n) is 3.02. The van der Waals surface area contributed by atoms with E-state index in [1.165, 1.54) is 0 Å². The van der Waals surface area contributed by atoms with E-state index in [0.29, 0.717) is 15.6 Å². The van der Waals surface area contributed by atoms with Gasteiger partial charge in [-0.2, -0.15) is 0 Å². The molecule has 1 aromatic heterocycles. The fourth-order valence-corrected chi connectivity index (χ4v) is 1.78. The van der Waals surface area contributed by atoms with Gasteiger partial charge >= 0.3 is 0 Å². The van der Waals surface area contributed by atoms with Crippen LogP contribution in [-0.4, -0.2) is 10.9 Å². The lowest BCUT2D eigenvalue weighted by Crippen LogP contribution is -2.12. The van der Waals surface area contributed by atoms with E-state index in [9.17, 15) is 4.79 Å². The molecule has 1 amide bonds. The smallest absolute Gasteiger partial charge is 0.271 e. The summed E-state index contributed by atoms with van der Waals surface area (Å²) in [6.07, 6.45) is 1.14. The molecule has 6 heteroatoms. The molecular weight excluding hydrogens is 251 g/mol. The molecular formula is C10H6Cl2N2O2. The number of nitrogens with zero attached hydrogens (tertiary/aromatic N) is 1. The van der Waals surface area contributed by atoms with Crippen LogP contribution in [0.2, 0.25) is 10.0 Å². The molecule has 0 fully saturated rings. The van der Waals surface area contributed by atoms with Gasteiger partial charge in [-0.3, -0.25) is 4.79 Å². The van der Waals surface area contributed by atoms with Crippen molar-refractivity contribution in [2.45, 2.75) is 0 Å². The molecule has 2 N–H and O–H groups in total. The van der Waals surface area contributed by atoms with Crippen LogP contribution < -0.4 is 5.73 Å². The molecule has 82 valence electrons. The third-order valence-electron chi connectivity index (χ3n) is 1.98. The third kappa shape index (κ3) is 1.89. The van der Waals surface area contributed by atoms with Gasteiger partial charge in [0.25, 0.3) is 5.91 Å². The molecule has 0 spiro atoms. The number of oxazole rings is 1. The predicted octanol–water partition coefficient (Wildman–Crippen LogP) is 2.75. The van der Waals surface area contributed by atoms with Gasteiger partial charge in [0.05, 0.1) is 5.02 Å². The zero-order chi connectivity index (χ0) is 11.7. The maximum Gasteiger partial charge on any atom is 0.271 e. The number of primary amides is 1. The van der Waals surface area contributed by atoms with Crippen LogP contribution in [0.25, 0.3) is 11.3 Å². The van der Waals surface area contributed by atoms with Gasteiger partial charge in [0, 0.05) is 10.6 Å². The number of carbonyl (C=O) groups excluding carboxylic acids is 1. The SMILES string of the molecule is NC(=O)c1ncoc1-c1ccc(Cl)cc1Cl. The lowest BCUT2D eigenvalue weighted by molar-refractivity contribution is 0.0996. The molecule has 2 aromatic rings. The number of hydrogen-bond donors (Lipinski definition) is 1. The summed E-state index contributed by atoms with van der Waals surface area (Å²) in [5.41, 5.74) is 5.72. The van der Waals surface area contributed by atoms with Crippen molar-refractivity contribution in [3.63, 3.8) is 0 Å². The van der Waals surface area contributed by atoms with Gasteiger partial charge in [0.1, 0.15) is 0 Å². The van der Waals surface area contributed by atoms with Gasteiger partial charge in [0.2, 0.25) is 0 Å². The highest BCUT2D eigenvalue weighted by Gasteiger charge is 2.17. The van der Waals surface area contributed by atoms with Crippen molar-refractivity contribution in [1.29, 1.82) is 0 Å². The molecule has 1 aromatic carbocycles. The molecule has 0 aliphatic heterocycles. The summed E-state index contributed by atoms with van der Waals surface area (Å²) in [6, 6.07) is 4.82. The van der Waals surface area contributed by atoms with E-state index < -0.39 is 5.91 Å². The van der Waals surface area contributed by atoms with Crippen LogP contribution in [0.3, 0.4) is 0 Å². The summed E-state index contributed by atoms with van der Waals surface area (Å²) in [5, 5.41) is 0.862. The third-order valence-corrected chi connectivity index (χ3v) is 2.52. The number of amides is 1. The highest BCUT2D eigenvalue weighted by molar-refractivity contribution is 6.36. The largest absolute Gasteiger partial charge is 0.443 e. The van der Waals surface area contributed by atoms with Gasteiger partial charge in [-0.25, -0.2) is 4.98 Å². The molecule has 0 bridgehead atoms. The Kier molecular flexibility index (Phi) is 2.85. The maximum atomic E-state index is 11.1. The molecule has 1 heterocycles. The van der Waals surface area contributed by atoms with Gasteiger partial charge in [-0.05, 0) is 18.2 Å². The molecule has 0 saturated heterocycles. The zero-order valence-electron chi connectivity index (χ0n) is 7.91. The van der Waals surface area contributed by atoms with Crippen LogP contribution in [0.15, 0.2) is 29.0 Å². The Morgan fingerprint density at radius 1 is 1.38 bits per heavy atom. The topological polar surface area (TPSA) is 69.1 Å². The fourth-order valence-electron chi connectivity index (χ4n) is 1.29. The van der Waals surface area contributed by atoms with E-state index in [4.69, 9.17) is 33.4 Å². The van der Waals surface area contributed by atoms with E-state index in [2.05, 4.69) is 4.98 Å². The molecule has 0 radical (unpaired) electrons. The number of hydrogen-bond acceptors (Lipinski definition) is 3. The Bertz CT molecular complexity index is 552. The summed E-state index contributed by atoms with van der Waals surface area (Å²) in [7, 11) is 0. The quantitative estimate of drug-likeness (QED) is 0.899. The number of aromatic nitrogens is 1. The molecule has 0 aliphatic carbocycles. The van der Waals surface area contributed by atoms with E-state index in [1.807, 2.05) is 0 Å². The number of nitrogens with two attached hydrogens (primary N) is 1. The lowest BCUT2D eigenvalue weighted by atomic mass is 10.1. The summed E-state index contributed by atoms with van der Waals surface area (Å²) >= 11 is 11.7. The normalized spacial score (nSPS) is 10.4. The maximum absolute atomic E-state index is 11.1. The van der Waals surface area contributed by atoms with Crippen molar-refractivity contribution in [2.24, 2.45) is 5.73 Å². The van der Waals surface area contributed by atoms with Crippen molar-refractivity contribution in [1.82, 2.24) is 4.98 Å². The average Bonchev–Trinajstić information content (AvgIpc) is 2.66. The number of rotatable bonds is 2.